The van der Waals surface area contributed by atoms with E-state index in [-0.39, 0.29) is 36.8 Å². The molecule has 0 aliphatic carbocycles. The molecule has 0 aromatic carbocycles. The van der Waals surface area contributed by atoms with E-state index in [0.29, 0.717) is 12.5 Å². The van der Waals surface area contributed by atoms with Crippen LogP contribution < -0.4 is 10.6 Å². The first kappa shape index (κ1) is 17.2. The summed E-state index contributed by atoms with van der Waals surface area (Å²) in [4.78, 5) is 25.6. The van der Waals surface area contributed by atoms with Crippen molar-refractivity contribution in [2.75, 3.05) is 19.6 Å². The highest BCUT2D eigenvalue weighted by Crippen LogP contribution is 2.11. The summed E-state index contributed by atoms with van der Waals surface area (Å²) in [5.74, 6) is 0.110. The van der Waals surface area contributed by atoms with Crippen molar-refractivity contribution in [3.05, 3.63) is 0 Å². The fraction of sp³-hybridized carbons (Fsp3) is 0.857. The quantitative estimate of drug-likeness (QED) is 0.820. The lowest BCUT2D eigenvalue weighted by Crippen LogP contribution is -2.54. The largest absolute Gasteiger partial charge is 0.350 e. The van der Waals surface area contributed by atoms with Gasteiger partial charge in [0.05, 0.1) is 6.54 Å². The Morgan fingerprint density at radius 2 is 2.15 bits per heavy atom. The molecule has 0 spiro atoms. The monoisotopic (exact) mass is 303 g/mol. The van der Waals surface area contributed by atoms with Gasteiger partial charge in [-0.2, -0.15) is 0 Å². The third kappa shape index (κ3) is 4.94. The first-order chi connectivity index (χ1) is 9.16. The van der Waals surface area contributed by atoms with Crippen LogP contribution in [-0.2, 0) is 9.59 Å². The third-order valence-electron chi connectivity index (χ3n) is 4.11. The molecule has 2 fully saturated rings. The fourth-order valence-corrected chi connectivity index (χ4v) is 2.87. The topological polar surface area (TPSA) is 61.4 Å². The van der Waals surface area contributed by atoms with Crippen LogP contribution in [0.2, 0.25) is 0 Å². The molecule has 2 saturated heterocycles. The van der Waals surface area contributed by atoms with E-state index in [1.807, 2.05) is 0 Å². The van der Waals surface area contributed by atoms with Crippen LogP contribution in [0, 0.1) is 0 Å². The Balaban J connectivity index is 0.00000200. The van der Waals surface area contributed by atoms with Gasteiger partial charge in [-0.1, -0.05) is 6.42 Å². The molecule has 0 aromatic heterocycles. The van der Waals surface area contributed by atoms with E-state index in [1.165, 1.54) is 0 Å². The summed E-state index contributed by atoms with van der Waals surface area (Å²) in [6, 6.07) is 0.515. The van der Waals surface area contributed by atoms with Gasteiger partial charge in [0.15, 0.2) is 0 Å². The number of carbonyl (C=O) groups excluding carboxylic acids is 2. The van der Waals surface area contributed by atoms with Crippen molar-refractivity contribution in [3.63, 3.8) is 0 Å². The summed E-state index contributed by atoms with van der Waals surface area (Å²) in [6.07, 6.45) is 5.77. The van der Waals surface area contributed by atoms with Crippen molar-refractivity contribution in [2.45, 2.75) is 57.5 Å². The summed E-state index contributed by atoms with van der Waals surface area (Å²) in [5, 5.41) is 6.43. The van der Waals surface area contributed by atoms with E-state index in [4.69, 9.17) is 0 Å². The zero-order valence-corrected chi connectivity index (χ0v) is 13.0. The number of hydrogen-bond donors (Lipinski definition) is 2. The van der Waals surface area contributed by atoms with Crippen molar-refractivity contribution < 1.29 is 9.59 Å². The van der Waals surface area contributed by atoms with Crippen molar-refractivity contribution in [2.24, 2.45) is 0 Å². The van der Waals surface area contributed by atoms with Crippen LogP contribution in [-0.4, -0.2) is 48.4 Å². The zero-order valence-electron chi connectivity index (χ0n) is 12.2. The highest BCUT2D eigenvalue weighted by molar-refractivity contribution is 5.85. The van der Waals surface area contributed by atoms with Crippen LogP contribution in [0.5, 0.6) is 0 Å². The van der Waals surface area contributed by atoms with Crippen LogP contribution in [0.25, 0.3) is 0 Å². The minimum atomic E-state index is -0.0178. The second-order valence-electron chi connectivity index (χ2n) is 5.68. The molecule has 0 radical (unpaired) electrons. The number of nitrogens with zero attached hydrogens (tertiary/aromatic N) is 1. The number of carbonyl (C=O) groups is 2. The van der Waals surface area contributed by atoms with Crippen molar-refractivity contribution in [1.29, 1.82) is 0 Å². The highest BCUT2D eigenvalue weighted by atomic mass is 35.5. The minimum Gasteiger partial charge on any atom is -0.350 e. The summed E-state index contributed by atoms with van der Waals surface area (Å²) >= 11 is 0. The average Bonchev–Trinajstić information content (AvgIpc) is 2.58. The van der Waals surface area contributed by atoms with Crippen LogP contribution in [0.15, 0.2) is 0 Å². The number of piperidine rings is 1. The Kier molecular flexibility index (Phi) is 7.30. The number of nitrogens with one attached hydrogen (secondary N) is 2. The van der Waals surface area contributed by atoms with Gasteiger partial charge >= 0.3 is 0 Å². The molecule has 0 aromatic rings. The number of likely N-dealkylation sites (tertiary alicyclic amines) is 1. The Morgan fingerprint density at radius 3 is 2.90 bits per heavy atom. The summed E-state index contributed by atoms with van der Waals surface area (Å²) in [7, 11) is 0. The van der Waals surface area contributed by atoms with E-state index in [1.54, 1.807) is 4.90 Å². The van der Waals surface area contributed by atoms with E-state index < -0.39 is 0 Å². The van der Waals surface area contributed by atoms with Crippen molar-refractivity contribution in [3.8, 4) is 0 Å². The van der Waals surface area contributed by atoms with Gasteiger partial charge in [-0.05, 0) is 39.2 Å². The average molecular weight is 304 g/mol. The minimum absolute atomic E-state index is 0. The lowest BCUT2D eigenvalue weighted by atomic mass is 10.00. The summed E-state index contributed by atoms with van der Waals surface area (Å²) in [5.41, 5.74) is 0. The molecule has 2 amide bonds. The molecule has 2 aliphatic heterocycles. The Labute approximate surface area is 127 Å². The molecule has 0 saturated carbocycles. The molecule has 2 unspecified atom stereocenters. The second-order valence-corrected chi connectivity index (χ2v) is 5.68. The molecule has 2 rings (SSSR count). The number of hydrogen-bond acceptors (Lipinski definition) is 3. The summed E-state index contributed by atoms with van der Waals surface area (Å²) < 4.78 is 0. The van der Waals surface area contributed by atoms with E-state index >= 15 is 0 Å². The van der Waals surface area contributed by atoms with E-state index in [9.17, 15) is 9.59 Å². The van der Waals surface area contributed by atoms with Crippen LogP contribution in [0.3, 0.4) is 0 Å². The maximum atomic E-state index is 12.1. The first-order valence-corrected chi connectivity index (χ1v) is 7.47. The van der Waals surface area contributed by atoms with Crippen molar-refractivity contribution >= 4 is 24.2 Å². The highest BCUT2D eigenvalue weighted by Gasteiger charge is 2.24. The van der Waals surface area contributed by atoms with Crippen LogP contribution in [0.1, 0.15) is 45.4 Å². The Bertz CT molecular complexity index is 338. The predicted molar refractivity (Wildman–Crippen MR) is 80.9 cm³/mol. The number of rotatable bonds is 3. The maximum absolute atomic E-state index is 12.1. The van der Waals surface area contributed by atoms with Crippen LogP contribution >= 0.6 is 12.4 Å². The van der Waals surface area contributed by atoms with Crippen molar-refractivity contribution in [1.82, 2.24) is 15.5 Å². The van der Waals surface area contributed by atoms with Gasteiger partial charge in [0.2, 0.25) is 11.8 Å². The standard InChI is InChI=1S/C14H25N3O2.ClH/c1-11-12(6-5-8-15-11)16-13(18)10-17-9-4-2-3-7-14(17)19;/h11-12,15H,2-10H2,1H3,(H,16,18);1H. The number of amides is 2. The second kappa shape index (κ2) is 8.47. The molecular weight excluding hydrogens is 278 g/mol. The van der Waals surface area contributed by atoms with Gasteiger partial charge in [0, 0.05) is 25.0 Å². The Morgan fingerprint density at radius 1 is 1.35 bits per heavy atom. The number of halogens is 1. The molecule has 116 valence electrons. The fourth-order valence-electron chi connectivity index (χ4n) is 2.87. The zero-order chi connectivity index (χ0) is 13.7. The molecule has 2 atom stereocenters. The molecule has 0 bridgehead atoms. The summed E-state index contributed by atoms with van der Waals surface area (Å²) in [6.45, 7) is 4.08. The van der Waals surface area contributed by atoms with Gasteiger partial charge in [-0.15, -0.1) is 12.4 Å². The van der Waals surface area contributed by atoms with Crippen LogP contribution in [0.4, 0.5) is 0 Å². The normalized spacial score (nSPS) is 27.4. The molecule has 2 heterocycles. The molecule has 20 heavy (non-hydrogen) atoms. The smallest absolute Gasteiger partial charge is 0.239 e. The van der Waals surface area contributed by atoms with E-state index in [0.717, 1.165) is 45.2 Å². The lowest BCUT2D eigenvalue weighted by Gasteiger charge is -2.31. The van der Waals surface area contributed by atoms with Gasteiger partial charge in [-0.3, -0.25) is 9.59 Å². The predicted octanol–water partition coefficient (Wildman–Crippen LogP) is 1.07. The van der Waals surface area contributed by atoms with Gasteiger partial charge < -0.3 is 15.5 Å². The van der Waals surface area contributed by atoms with E-state index in [2.05, 4.69) is 17.6 Å². The lowest BCUT2D eigenvalue weighted by molar-refractivity contribution is -0.135. The maximum Gasteiger partial charge on any atom is 0.239 e. The third-order valence-corrected chi connectivity index (χ3v) is 4.11. The molecular formula is C14H26ClN3O2. The van der Waals surface area contributed by atoms with Gasteiger partial charge in [-0.25, -0.2) is 0 Å². The molecule has 5 nitrogen and oxygen atoms in total. The molecule has 6 heteroatoms. The molecule has 2 N–H and O–H groups in total. The van der Waals surface area contributed by atoms with Gasteiger partial charge in [0.1, 0.15) is 0 Å². The molecule has 2 aliphatic rings. The van der Waals surface area contributed by atoms with Gasteiger partial charge in [0.25, 0.3) is 0 Å². The first-order valence-electron chi connectivity index (χ1n) is 7.47. The Hall–Kier alpha value is -0.810. The SMILES string of the molecule is CC1NCCCC1NC(=O)CN1CCCCCC1=O.Cl.